The monoisotopic (exact) mass is 679 g/mol. The molecule has 0 N–H and O–H groups in total. The molecule has 1 heteroatoms. The Labute approximate surface area is 312 Å². The molecule has 0 saturated heterocycles. The molecule has 2 aliphatic rings. The first-order valence-corrected chi connectivity index (χ1v) is 18.8. The van der Waals surface area contributed by atoms with E-state index in [9.17, 15) is 0 Å². The first-order valence-electron chi connectivity index (χ1n) is 18.8. The lowest BCUT2D eigenvalue weighted by atomic mass is 9.73. The summed E-state index contributed by atoms with van der Waals surface area (Å²) in [6, 6.07) is 65.0. The predicted octanol–water partition coefficient (Wildman–Crippen LogP) is 14.3. The molecule has 10 rings (SSSR count). The Hall–Kier alpha value is -6.18. The number of rotatable bonds is 5. The zero-order chi connectivity index (χ0) is 35.9. The SMILES string of the molecule is CC1(C)c2ccccc2-c2c(-c3cccc(-c4cccc5ccccc45)c3)c3c(c(N(c4ccccc4)c4ccccc4)c21)C(C)(C)c1ccccc1-3. The van der Waals surface area contributed by atoms with Crippen molar-refractivity contribution in [3.63, 3.8) is 0 Å². The first kappa shape index (κ1) is 31.5. The van der Waals surface area contributed by atoms with Crippen molar-refractivity contribution in [2.45, 2.75) is 38.5 Å². The van der Waals surface area contributed by atoms with Gasteiger partial charge in [0, 0.05) is 22.2 Å². The molecule has 0 radical (unpaired) electrons. The van der Waals surface area contributed by atoms with Crippen molar-refractivity contribution in [1.82, 2.24) is 0 Å². The van der Waals surface area contributed by atoms with E-state index in [-0.39, 0.29) is 10.8 Å². The van der Waals surface area contributed by atoms with Crippen LogP contribution in [0, 0.1) is 0 Å². The molecule has 0 unspecified atom stereocenters. The lowest BCUT2D eigenvalue weighted by molar-refractivity contribution is 0.640. The second-order valence-corrected chi connectivity index (χ2v) is 15.7. The molecule has 0 amide bonds. The summed E-state index contributed by atoms with van der Waals surface area (Å²) in [6.07, 6.45) is 0. The summed E-state index contributed by atoms with van der Waals surface area (Å²) in [7, 11) is 0. The lowest BCUT2D eigenvalue weighted by Crippen LogP contribution is -2.26. The average Bonchev–Trinajstić information content (AvgIpc) is 3.59. The van der Waals surface area contributed by atoms with Crippen LogP contribution in [0.2, 0.25) is 0 Å². The Morgan fingerprint density at radius 2 is 0.830 bits per heavy atom. The quantitative estimate of drug-likeness (QED) is 0.175. The maximum Gasteiger partial charge on any atom is 0.0556 e. The van der Waals surface area contributed by atoms with Gasteiger partial charge in [-0.1, -0.05) is 173 Å². The van der Waals surface area contributed by atoms with Crippen LogP contribution in [0.3, 0.4) is 0 Å². The van der Waals surface area contributed by atoms with Crippen molar-refractivity contribution in [3.05, 3.63) is 198 Å². The molecule has 2 aliphatic carbocycles. The molecular formula is C52H41N. The van der Waals surface area contributed by atoms with Gasteiger partial charge in [0.25, 0.3) is 0 Å². The highest BCUT2D eigenvalue weighted by Crippen LogP contribution is 2.66. The Bertz CT molecular complexity index is 2590. The van der Waals surface area contributed by atoms with Crippen LogP contribution in [0.4, 0.5) is 17.1 Å². The van der Waals surface area contributed by atoms with Gasteiger partial charge in [0.1, 0.15) is 0 Å². The van der Waals surface area contributed by atoms with Crippen molar-refractivity contribution in [1.29, 1.82) is 0 Å². The summed E-state index contributed by atoms with van der Waals surface area (Å²) in [5, 5.41) is 2.53. The second kappa shape index (κ2) is 11.7. The van der Waals surface area contributed by atoms with Gasteiger partial charge in [-0.3, -0.25) is 0 Å². The van der Waals surface area contributed by atoms with Gasteiger partial charge in [0.2, 0.25) is 0 Å². The first-order chi connectivity index (χ1) is 25.9. The lowest BCUT2D eigenvalue weighted by Gasteiger charge is -2.38. The van der Waals surface area contributed by atoms with E-state index >= 15 is 0 Å². The fourth-order valence-electron chi connectivity index (χ4n) is 9.65. The summed E-state index contributed by atoms with van der Waals surface area (Å²) in [4.78, 5) is 2.55. The number of hydrogen-bond donors (Lipinski definition) is 0. The minimum absolute atomic E-state index is 0.273. The van der Waals surface area contributed by atoms with Gasteiger partial charge in [-0.25, -0.2) is 0 Å². The highest BCUT2D eigenvalue weighted by Gasteiger charge is 2.48. The molecule has 0 aliphatic heterocycles. The third-order valence-electron chi connectivity index (χ3n) is 12.0. The van der Waals surface area contributed by atoms with Crippen molar-refractivity contribution >= 4 is 27.8 Å². The molecule has 0 aromatic heterocycles. The highest BCUT2D eigenvalue weighted by molar-refractivity contribution is 6.10. The van der Waals surface area contributed by atoms with Gasteiger partial charge < -0.3 is 4.90 Å². The van der Waals surface area contributed by atoms with Crippen LogP contribution in [0.25, 0.3) is 55.3 Å². The summed E-state index contributed by atoms with van der Waals surface area (Å²) < 4.78 is 0. The van der Waals surface area contributed by atoms with Crippen molar-refractivity contribution in [3.8, 4) is 44.5 Å². The average molecular weight is 680 g/mol. The molecule has 0 saturated carbocycles. The van der Waals surface area contributed by atoms with E-state index in [0.29, 0.717) is 0 Å². The van der Waals surface area contributed by atoms with Crippen LogP contribution in [0.1, 0.15) is 49.9 Å². The molecule has 8 aromatic rings. The van der Waals surface area contributed by atoms with E-state index < -0.39 is 0 Å². The summed E-state index contributed by atoms with van der Waals surface area (Å²) in [5.41, 5.74) is 19.0. The van der Waals surface area contributed by atoms with Crippen LogP contribution in [0.15, 0.2) is 176 Å². The van der Waals surface area contributed by atoms with Gasteiger partial charge in [-0.15, -0.1) is 0 Å². The van der Waals surface area contributed by atoms with Gasteiger partial charge in [-0.05, 0) is 108 Å². The summed E-state index contributed by atoms with van der Waals surface area (Å²) in [5.74, 6) is 0. The molecule has 254 valence electrons. The Morgan fingerprint density at radius 1 is 0.377 bits per heavy atom. The van der Waals surface area contributed by atoms with Crippen LogP contribution < -0.4 is 4.90 Å². The van der Waals surface area contributed by atoms with Crippen LogP contribution in [-0.2, 0) is 10.8 Å². The highest BCUT2D eigenvalue weighted by atomic mass is 15.2. The van der Waals surface area contributed by atoms with E-state index in [1.807, 2.05) is 0 Å². The smallest absolute Gasteiger partial charge is 0.0556 e. The molecule has 0 heterocycles. The third-order valence-corrected chi connectivity index (χ3v) is 12.0. The third kappa shape index (κ3) is 4.57. The Morgan fingerprint density at radius 3 is 1.43 bits per heavy atom. The number of nitrogens with zero attached hydrogens (tertiary/aromatic N) is 1. The molecule has 1 nitrogen and oxygen atoms in total. The van der Waals surface area contributed by atoms with Crippen molar-refractivity contribution in [2.75, 3.05) is 4.90 Å². The fraction of sp³-hybridized carbons (Fsp3) is 0.115. The maximum atomic E-state index is 2.55. The van der Waals surface area contributed by atoms with E-state index in [1.54, 1.807) is 0 Å². The van der Waals surface area contributed by atoms with Crippen molar-refractivity contribution in [2.24, 2.45) is 0 Å². The predicted molar refractivity (Wildman–Crippen MR) is 225 cm³/mol. The topological polar surface area (TPSA) is 3.24 Å². The molecule has 0 spiro atoms. The van der Waals surface area contributed by atoms with Crippen LogP contribution in [0.5, 0.6) is 0 Å². The van der Waals surface area contributed by atoms with Gasteiger partial charge in [0.05, 0.1) is 5.69 Å². The van der Waals surface area contributed by atoms with E-state index in [0.717, 1.165) is 11.4 Å². The largest absolute Gasteiger partial charge is 0.310 e. The molecule has 0 atom stereocenters. The standard InChI is InChI=1S/C52H41N/c1-51(2)43-31-15-13-28-41(43)46-45(36-22-17-21-35(33-36)40-30-18-20-34-19-11-12-27-39(34)40)47-42-29-14-16-32-44(42)52(3,4)49(47)50(48(46)51)53(37-23-7-5-8-24-37)38-25-9-6-10-26-38/h5-33H,1-4H3. The minimum Gasteiger partial charge on any atom is -0.310 e. The number of para-hydroxylation sites is 2. The zero-order valence-corrected chi connectivity index (χ0v) is 30.7. The van der Waals surface area contributed by atoms with Gasteiger partial charge >= 0.3 is 0 Å². The minimum atomic E-state index is -0.273. The summed E-state index contributed by atoms with van der Waals surface area (Å²) in [6.45, 7) is 9.75. The number of anilines is 3. The van der Waals surface area contributed by atoms with Crippen LogP contribution >= 0.6 is 0 Å². The van der Waals surface area contributed by atoms with Gasteiger partial charge in [0.15, 0.2) is 0 Å². The molecular weight excluding hydrogens is 639 g/mol. The number of hydrogen-bond acceptors (Lipinski definition) is 1. The number of benzene rings is 8. The van der Waals surface area contributed by atoms with Crippen LogP contribution in [-0.4, -0.2) is 0 Å². The van der Waals surface area contributed by atoms with Gasteiger partial charge in [-0.2, -0.15) is 0 Å². The Kier molecular flexibility index (Phi) is 6.94. The molecule has 0 fully saturated rings. The van der Waals surface area contributed by atoms with E-state index in [4.69, 9.17) is 0 Å². The zero-order valence-electron chi connectivity index (χ0n) is 30.7. The Balaban J connectivity index is 1.39. The fourth-order valence-corrected chi connectivity index (χ4v) is 9.65. The summed E-state index contributed by atoms with van der Waals surface area (Å²) >= 11 is 0. The molecule has 8 aromatic carbocycles. The second-order valence-electron chi connectivity index (χ2n) is 15.7. The molecule has 0 bridgehead atoms. The van der Waals surface area contributed by atoms with E-state index in [1.165, 1.54) is 83.2 Å². The number of fused-ring (bicyclic) bond motifs is 7. The normalized spacial score (nSPS) is 14.3. The van der Waals surface area contributed by atoms with Crippen molar-refractivity contribution < 1.29 is 0 Å². The maximum absolute atomic E-state index is 2.55. The van der Waals surface area contributed by atoms with E-state index in [2.05, 4.69) is 209 Å². The molecule has 53 heavy (non-hydrogen) atoms.